The standard InChI is InChI=1S/C10H15BrN2O2/c1-13(2)6-3-5-12-10(14)8-4-7-15-9(8)11/h4,7H,3,5-6H2,1-2H3,(H,12,14). The van der Waals surface area contributed by atoms with Gasteiger partial charge in [-0.3, -0.25) is 4.79 Å². The Morgan fingerprint density at radius 2 is 2.33 bits per heavy atom. The van der Waals surface area contributed by atoms with Gasteiger partial charge in [0.25, 0.3) is 5.91 Å². The molecular formula is C10H15BrN2O2. The zero-order valence-corrected chi connectivity index (χ0v) is 10.5. The van der Waals surface area contributed by atoms with Gasteiger partial charge in [0.15, 0.2) is 4.67 Å². The molecule has 0 aliphatic rings. The summed E-state index contributed by atoms with van der Waals surface area (Å²) in [4.78, 5) is 13.6. The summed E-state index contributed by atoms with van der Waals surface area (Å²) in [6.07, 6.45) is 2.42. The molecule has 1 heterocycles. The van der Waals surface area contributed by atoms with Crippen molar-refractivity contribution in [2.75, 3.05) is 27.2 Å². The van der Waals surface area contributed by atoms with Gasteiger partial charge in [-0.05, 0) is 49.1 Å². The average molecular weight is 275 g/mol. The van der Waals surface area contributed by atoms with Crippen molar-refractivity contribution < 1.29 is 9.21 Å². The smallest absolute Gasteiger partial charge is 0.255 e. The first-order chi connectivity index (χ1) is 7.11. The molecule has 1 aromatic heterocycles. The van der Waals surface area contributed by atoms with Gasteiger partial charge in [-0.1, -0.05) is 0 Å². The van der Waals surface area contributed by atoms with Crippen LogP contribution in [0.25, 0.3) is 0 Å². The van der Waals surface area contributed by atoms with E-state index in [2.05, 4.69) is 26.1 Å². The third-order valence-electron chi connectivity index (χ3n) is 1.93. The van der Waals surface area contributed by atoms with E-state index in [4.69, 9.17) is 4.42 Å². The Hall–Kier alpha value is -0.810. The molecular weight excluding hydrogens is 260 g/mol. The highest BCUT2D eigenvalue weighted by atomic mass is 79.9. The van der Waals surface area contributed by atoms with Crippen molar-refractivity contribution in [3.8, 4) is 0 Å². The molecule has 1 amide bonds. The molecule has 0 saturated carbocycles. The van der Waals surface area contributed by atoms with E-state index in [1.807, 2.05) is 14.1 Å². The lowest BCUT2D eigenvalue weighted by molar-refractivity contribution is 0.0950. The maximum absolute atomic E-state index is 11.6. The first-order valence-corrected chi connectivity index (χ1v) is 5.56. The van der Waals surface area contributed by atoms with E-state index in [9.17, 15) is 4.79 Å². The minimum Gasteiger partial charge on any atom is -0.457 e. The van der Waals surface area contributed by atoms with Gasteiger partial charge in [0.1, 0.15) is 0 Å². The first-order valence-electron chi connectivity index (χ1n) is 4.77. The van der Waals surface area contributed by atoms with Crippen molar-refractivity contribution in [3.63, 3.8) is 0 Å². The number of nitrogens with zero attached hydrogens (tertiary/aromatic N) is 1. The van der Waals surface area contributed by atoms with Crippen LogP contribution in [0, 0.1) is 0 Å². The Bertz CT molecular complexity index is 323. The maximum atomic E-state index is 11.6. The van der Waals surface area contributed by atoms with Crippen molar-refractivity contribution in [2.45, 2.75) is 6.42 Å². The third-order valence-corrected chi connectivity index (χ3v) is 2.54. The van der Waals surface area contributed by atoms with Gasteiger partial charge >= 0.3 is 0 Å². The number of carbonyl (C=O) groups excluding carboxylic acids is 1. The Balaban J connectivity index is 2.28. The quantitative estimate of drug-likeness (QED) is 0.832. The van der Waals surface area contributed by atoms with Crippen molar-refractivity contribution in [2.24, 2.45) is 0 Å². The van der Waals surface area contributed by atoms with Crippen LogP contribution < -0.4 is 5.32 Å². The molecule has 0 saturated heterocycles. The normalized spacial score (nSPS) is 10.7. The van der Waals surface area contributed by atoms with E-state index < -0.39 is 0 Å². The molecule has 5 heteroatoms. The molecule has 0 atom stereocenters. The second kappa shape index (κ2) is 5.92. The SMILES string of the molecule is CN(C)CCCNC(=O)c1ccoc1Br. The van der Waals surface area contributed by atoms with Gasteiger partial charge in [0.2, 0.25) is 0 Å². The van der Waals surface area contributed by atoms with E-state index in [1.54, 1.807) is 6.07 Å². The van der Waals surface area contributed by atoms with Crippen molar-refractivity contribution >= 4 is 21.8 Å². The van der Waals surface area contributed by atoms with E-state index in [0.29, 0.717) is 16.8 Å². The monoisotopic (exact) mass is 274 g/mol. The van der Waals surface area contributed by atoms with Gasteiger partial charge in [-0.2, -0.15) is 0 Å². The van der Waals surface area contributed by atoms with E-state index in [0.717, 1.165) is 13.0 Å². The van der Waals surface area contributed by atoms with E-state index in [1.165, 1.54) is 6.26 Å². The lowest BCUT2D eigenvalue weighted by atomic mass is 10.3. The summed E-state index contributed by atoms with van der Waals surface area (Å²) in [5.41, 5.74) is 0.542. The Morgan fingerprint density at radius 3 is 2.87 bits per heavy atom. The summed E-state index contributed by atoms with van der Waals surface area (Å²) >= 11 is 3.16. The molecule has 0 bridgehead atoms. The van der Waals surface area contributed by atoms with Crippen LogP contribution in [0.5, 0.6) is 0 Å². The molecule has 1 aromatic rings. The van der Waals surface area contributed by atoms with E-state index >= 15 is 0 Å². The summed E-state index contributed by atoms with van der Waals surface area (Å²) in [6, 6.07) is 1.64. The van der Waals surface area contributed by atoms with Crippen molar-refractivity contribution in [1.29, 1.82) is 0 Å². The molecule has 0 spiro atoms. The Kier molecular flexibility index (Phi) is 4.84. The van der Waals surface area contributed by atoms with Crippen LogP contribution in [-0.2, 0) is 0 Å². The van der Waals surface area contributed by atoms with Gasteiger partial charge < -0.3 is 14.6 Å². The largest absolute Gasteiger partial charge is 0.457 e. The van der Waals surface area contributed by atoms with E-state index in [-0.39, 0.29) is 5.91 Å². The molecule has 0 radical (unpaired) electrons. The highest BCUT2D eigenvalue weighted by Gasteiger charge is 2.11. The van der Waals surface area contributed by atoms with Crippen molar-refractivity contribution in [1.82, 2.24) is 10.2 Å². The number of halogens is 1. The molecule has 0 aliphatic carbocycles. The molecule has 15 heavy (non-hydrogen) atoms. The summed E-state index contributed by atoms with van der Waals surface area (Å²) in [5.74, 6) is -0.102. The summed E-state index contributed by atoms with van der Waals surface area (Å²) in [5, 5.41) is 2.83. The second-order valence-corrected chi connectivity index (χ2v) is 4.24. The summed E-state index contributed by atoms with van der Waals surface area (Å²) in [6.45, 7) is 1.64. The fourth-order valence-corrected chi connectivity index (χ4v) is 1.57. The molecule has 0 fully saturated rings. The molecule has 0 unspecified atom stereocenters. The topological polar surface area (TPSA) is 45.5 Å². The molecule has 1 rings (SSSR count). The molecule has 0 aromatic carbocycles. The predicted octanol–water partition coefficient (Wildman–Crippen LogP) is 1.72. The molecule has 84 valence electrons. The maximum Gasteiger partial charge on any atom is 0.255 e. The van der Waals surface area contributed by atoms with Crippen LogP contribution >= 0.6 is 15.9 Å². The molecule has 0 aliphatic heterocycles. The van der Waals surface area contributed by atoms with Crippen LogP contribution in [0.2, 0.25) is 0 Å². The average Bonchev–Trinajstić information content (AvgIpc) is 2.58. The first kappa shape index (κ1) is 12.3. The Morgan fingerprint density at radius 1 is 1.60 bits per heavy atom. The van der Waals surface area contributed by atoms with Crippen LogP contribution in [0.4, 0.5) is 0 Å². The number of hydrogen-bond donors (Lipinski definition) is 1. The van der Waals surface area contributed by atoms with Crippen LogP contribution in [0.3, 0.4) is 0 Å². The highest BCUT2D eigenvalue weighted by molar-refractivity contribution is 9.10. The van der Waals surface area contributed by atoms with Crippen LogP contribution in [0.1, 0.15) is 16.8 Å². The molecule has 4 nitrogen and oxygen atoms in total. The Labute approximate surface area is 97.8 Å². The van der Waals surface area contributed by atoms with Gasteiger partial charge in [-0.25, -0.2) is 0 Å². The minimum absolute atomic E-state index is 0.102. The van der Waals surface area contributed by atoms with Gasteiger partial charge in [-0.15, -0.1) is 0 Å². The fourth-order valence-electron chi connectivity index (χ4n) is 1.15. The number of carbonyl (C=O) groups is 1. The summed E-state index contributed by atoms with van der Waals surface area (Å²) in [7, 11) is 4.02. The number of rotatable bonds is 5. The van der Waals surface area contributed by atoms with Crippen LogP contribution in [0.15, 0.2) is 21.4 Å². The zero-order chi connectivity index (χ0) is 11.3. The third kappa shape index (κ3) is 4.05. The second-order valence-electron chi connectivity index (χ2n) is 3.52. The minimum atomic E-state index is -0.102. The van der Waals surface area contributed by atoms with Gasteiger partial charge in [0, 0.05) is 6.54 Å². The highest BCUT2D eigenvalue weighted by Crippen LogP contribution is 2.16. The summed E-state index contributed by atoms with van der Waals surface area (Å²) < 4.78 is 5.46. The van der Waals surface area contributed by atoms with Crippen molar-refractivity contribution in [3.05, 3.63) is 22.6 Å². The lowest BCUT2D eigenvalue weighted by Gasteiger charge is -2.09. The number of hydrogen-bond acceptors (Lipinski definition) is 3. The zero-order valence-electron chi connectivity index (χ0n) is 8.92. The lowest BCUT2D eigenvalue weighted by Crippen LogP contribution is -2.27. The van der Waals surface area contributed by atoms with Crippen LogP contribution in [-0.4, -0.2) is 38.0 Å². The van der Waals surface area contributed by atoms with Gasteiger partial charge in [0.05, 0.1) is 11.8 Å². The predicted molar refractivity (Wildman–Crippen MR) is 61.9 cm³/mol. The number of amides is 1. The molecule has 1 N–H and O–H groups in total. The number of furan rings is 1. The number of nitrogens with one attached hydrogen (secondary N) is 1. The fraction of sp³-hybridized carbons (Fsp3) is 0.500.